The lowest BCUT2D eigenvalue weighted by atomic mass is 10.1. The number of rotatable bonds is 6. The van der Waals surface area contributed by atoms with Crippen LogP contribution in [0, 0.1) is 11.6 Å². The highest BCUT2D eigenvalue weighted by molar-refractivity contribution is 5.26. The van der Waals surface area contributed by atoms with Crippen LogP contribution in [0.5, 0.6) is 5.75 Å². The first-order valence-corrected chi connectivity index (χ1v) is 6.49. The van der Waals surface area contributed by atoms with Gasteiger partial charge in [-0.25, -0.2) is 8.78 Å². The zero-order chi connectivity index (χ0) is 14.4. The van der Waals surface area contributed by atoms with Crippen LogP contribution in [-0.4, -0.2) is 13.6 Å². The molecule has 0 spiro atoms. The van der Waals surface area contributed by atoms with Gasteiger partial charge in [-0.2, -0.15) is 0 Å². The van der Waals surface area contributed by atoms with Crippen LogP contribution in [-0.2, 0) is 13.0 Å². The summed E-state index contributed by atoms with van der Waals surface area (Å²) in [6.07, 6.45) is 0.955. The highest BCUT2D eigenvalue weighted by atomic mass is 19.1. The van der Waals surface area contributed by atoms with Crippen LogP contribution in [0.4, 0.5) is 8.78 Å². The van der Waals surface area contributed by atoms with Crippen molar-refractivity contribution in [3.05, 3.63) is 65.2 Å². The molecule has 0 aromatic heterocycles. The largest absolute Gasteiger partial charge is 0.486 e. The van der Waals surface area contributed by atoms with E-state index in [0.717, 1.165) is 36.7 Å². The Morgan fingerprint density at radius 1 is 1.00 bits per heavy atom. The lowest BCUT2D eigenvalue weighted by Crippen LogP contribution is -2.10. The SMILES string of the molecule is CNCCc1ccc(COc2cc(F)ccc2F)cc1. The van der Waals surface area contributed by atoms with Crippen LogP contribution in [0.25, 0.3) is 0 Å². The first kappa shape index (κ1) is 14.5. The summed E-state index contributed by atoms with van der Waals surface area (Å²) < 4.78 is 31.7. The second-order valence-electron chi connectivity index (χ2n) is 4.53. The summed E-state index contributed by atoms with van der Waals surface area (Å²) in [7, 11) is 1.91. The average molecular weight is 277 g/mol. The lowest BCUT2D eigenvalue weighted by molar-refractivity contribution is 0.288. The van der Waals surface area contributed by atoms with Gasteiger partial charge in [-0.1, -0.05) is 24.3 Å². The minimum Gasteiger partial charge on any atom is -0.486 e. The number of likely N-dealkylation sites (N-methyl/N-ethyl adjacent to an activating group) is 1. The highest BCUT2D eigenvalue weighted by Gasteiger charge is 2.05. The topological polar surface area (TPSA) is 21.3 Å². The molecule has 0 aliphatic heterocycles. The van der Waals surface area contributed by atoms with Gasteiger partial charge < -0.3 is 10.1 Å². The van der Waals surface area contributed by atoms with Crippen molar-refractivity contribution >= 4 is 0 Å². The van der Waals surface area contributed by atoms with Gasteiger partial charge in [0, 0.05) is 6.07 Å². The van der Waals surface area contributed by atoms with Crippen molar-refractivity contribution in [1.29, 1.82) is 0 Å². The van der Waals surface area contributed by atoms with Crippen molar-refractivity contribution in [2.75, 3.05) is 13.6 Å². The molecule has 0 radical (unpaired) electrons. The molecule has 0 atom stereocenters. The van der Waals surface area contributed by atoms with Gasteiger partial charge in [-0.3, -0.25) is 0 Å². The first-order valence-electron chi connectivity index (χ1n) is 6.49. The van der Waals surface area contributed by atoms with E-state index in [4.69, 9.17) is 4.74 Å². The van der Waals surface area contributed by atoms with E-state index in [0.29, 0.717) is 0 Å². The minimum atomic E-state index is -0.558. The third kappa shape index (κ3) is 4.03. The van der Waals surface area contributed by atoms with Crippen molar-refractivity contribution in [2.24, 2.45) is 0 Å². The summed E-state index contributed by atoms with van der Waals surface area (Å²) in [4.78, 5) is 0. The average Bonchev–Trinajstić information content (AvgIpc) is 2.47. The normalized spacial score (nSPS) is 10.6. The summed E-state index contributed by atoms with van der Waals surface area (Å²) in [6, 6.07) is 11.1. The molecule has 2 aromatic rings. The fraction of sp³-hybridized carbons (Fsp3) is 0.250. The molecular weight excluding hydrogens is 260 g/mol. The van der Waals surface area contributed by atoms with Gasteiger partial charge in [0.2, 0.25) is 0 Å². The molecule has 2 nitrogen and oxygen atoms in total. The zero-order valence-electron chi connectivity index (χ0n) is 11.3. The number of ether oxygens (including phenoxy) is 1. The third-order valence-corrected chi connectivity index (χ3v) is 2.97. The Morgan fingerprint density at radius 3 is 2.40 bits per heavy atom. The van der Waals surface area contributed by atoms with Crippen molar-refractivity contribution in [3.63, 3.8) is 0 Å². The molecule has 0 aliphatic rings. The smallest absolute Gasteiger partial charge is 0.165 e. The maximum atomic E-state index is 13.4. The molecule has 2 rings (SSSR count). The molecule has 2 aromatic carbocycles. The van der Waals surface area contributed by atoms with E-state index in [2.05, 4.69) is 5.32 Å². The number of hydrogen-bond donors (Lipinski definition) is 1. The summed E-state index contributed by atoms with van der Waals surface area (Å²) in [6.45, 7) is 1.14. The van der Waals surface area contributed by atoms with E-state index >= 15 is 0 Å². The maximum absolute atomic E-state index is 13.4. The van der Waals surface area contributed by atoms with Crippen LogP contribution in [0.15, 0.2) is 42.5 Å². The Hall–Kier alpha value is -1.94. The second kappa shape index (κ2) is 7.01. The molecule has 20 heavy (non-hydrogen) atoms. The standard InChI is InChI=1S/C16H17F2NO/c1-19-9-8-12-2-4-13(5-3-12)11-20-16-10-14(17)6-7-15(16)18/h2-7,10,19H,8-9,11H2,1H3. The number of halogens is 2. The number of benzene rings is 2. The molecular formula is C16H17F2NO. The molecule has 0 bridgehead atoms. The summed E-state index contributed by atoms with van der Waals surface area (Å²) in [5, 5.41) is 3.09. The molecule has 0 saturated heterocycles. The zero-order valence-corrected chi connectivity index (χ0v) is 11.3. The van der Waals surface area contributed by atoms with Crippen LogP contribution >= 0.6 is 0 Å². The molecule has 0 aliphatic carbocycles. The monoisotopic (exact) mass is 277 g/mol. The van der Waals surface area contributed by atoms with Crippen LogP contribution in [0.2, 0.25) is 0 Å². The van der Waals surface area contributed by atoms with E-state index < -0.39 is 11.6 Å². The highest BCUT2D eigenvalue weighted by Crippen LogP contribution is 2.19. The van der Waals surface area contributed by atoms with Gasteiger partial charge in [0.25, 0.3) is 0 Å². The number of nitrogens with one attached hydrogen (secondary N) is 1. The summed E-state index contributed by atoms with van der Waals surface area (Å²) >= 11 is 0. The van der Waals surface area contributed by atoms with E-state index in [9.17, 15) is 8.78 Å². The van der Waals surface area contributed by atoms with Crippen LogP contribution < -0.4 is 10.1 Å². The third-order valence-electron chi connectivity index (χ3n) is 2.97. The minimum absolute atomic E-state index is 0.0655. The Labute approximate surface area is 117 Å². The van der Waals surface area contributed by atoms with Gasteiger partial charge in [0.15, 0.2) is 11.6 Å². The first-order chi connectivity index (χ1) is 9.69. The quantitative estimate of drug-likeness (QED) is 0.874. The molecule has 4 heteroatoms. The van der Waals surface area contributed by atoms with E-state index in [1.165, 1.54) is 5.56 Å². The Balaban J connectivity index is 1.95. The van der Waals surface area contributed by atoms with Crippen molar-refractivity contribution in [2.45, 2.75) is 13.0 Å². The van der Waals surface area contributed by atoms with E-state index in [1.54, 1.807) is 0 Å². The summed E-state index contributed by atoms with van der Waals surface area (Å²) in [5.74, 6) is -1.13. The van der Waals surface area contributed by atoms with Gasteiger partial charge in [-0.15, -0.1) is 0 Å². The molecule has 0 saturated carbocycles. The van der Waals surface area contributed by atoms with Gasteiger partial charge in [0.1, 0.15) is 12.4 Å². The van der Waals surface area contributed by atoms with Gasteiger partial charge in [-0.05, 0) is 43.3 Å². The predicted molar refractivity (Wildman–Crippen MR) is 74.8 cm³/mol. The van der Waals surface area contributed by atoms with E-state index in [1.807, 2.05) is 31.3 Å². The fourth-order valence-electron chi connectivity index (χ4n) is 1.82. The molecule has 106 valence electrons. The van der Waals surface area contributed by atoms with Crippen molar-refractivity contribution < 1.29 is 13.5 Å². The van der Waals surface area contributed by atoms with Crippen LogP contribution in [0.3, 0.4) is 0 Å². The second-order valence-corrected chi connectivity index (χ2v) is 4.53. The molecule has 0 unspecified atom stereocenters. The maximum Gasteiger partial charge on any atom is 0.165 e. The lowest BCUT2D eigenvalue weighted by Gasteiger charge is -2.08. The molecule has 1 N–H and O–H groups in total. The predicted octanol–water partition coefficient (Wildman–Crippen LogP) is 3.31. The van der Waals surface area contributed by atoms with Crippen molar-refractivity contribution in [3.8, 4) is 5.75 Å². The Kier molecular flexibility index (Phi) is 5.07. The van der Waals surface area contributed by atoms with Gasteiger partial charge >= 0.3 is 0 Å². The van der Waals surface area contributed by atoms with E-state index in [-0.39, 0.29) is 12.4 Å². The van der Waals surface area contributed by atoms with Crippen LogP contribution in [0.1, 0.15) is 11.1 Å². The molecule has 0 heterocycles. The fourth-order valence-corrected chi connectivity index (χ4v) is 1.82. The Bertz CT molecular complexity index is 555. The summed E-state index contributed by atoms with van der Waals surface area (Å²) in [5.41, 5.74) is 2.14. The number of hydrogen-bond acceptors (Lipinski definition) is 2. The van der Waals surface area contributed by atoms with Crippen molar-refractivity contribution in [1.82, 2.24) is 5.32 Å². The molecule has 0 amide bonds. The Morgan fingerprint density at radius 2 is 1.70 bits per heavy atom. The van der Waals surface area contributed by atoms with Gasteiger partial charge in [0.05, 0.1) is 0 Å². The molecule has 0 fully saturated rings.